The van der Waals surface area contributed by atoms with Crippen LogP contribution < -0.4 is 5.32 Å². The molecule has 0 fully saturated rings. The second-order valence-electron chi connectivity index (χ2n) is 4.31. The van der Waals surface area contributed by atoms with E-state index in [4.69, 9.17) is 16.7 Å². The second-order valence-corrected chi connectivity index (χ2v) is 5.66. The van der Waals surface area contributed by atoms with E-state index in [1.165, 1.54) is 29.5 Å². The molecule has 0 bridgehead atoms. The molecule has 1 aromatic heterocycles. The average molecular weight is 325 g/mol. The summed E-state index contributed by atoms with van der Waals surface area (Å²) in [6.07, 6.45) is 1.02. The topological polar surface area (TPSA) is 79.3 Å². The summed E-state index contributed by atoms with van der Waals surface area (Å²) in [5.74, 6) is -1.32. The van der Waals surface area contributed by atoms with Crippen LogP contribution in [-0.2, 0) is 17.6 Å². The highest BCUT2D eigenvalue weighted by atomic mass is 35.5. The Balaban J connectivity index is 2.02. The summed E-state index contributed by atoms with van der Waals surface area (Å²) in [5.41, 5.74) is 1.19. The van der Waals surface area contributed by atoms with Gasteiger partial charge >= 0.3 is 5.97 Å². The van der Waals surface area contributed by atoms with Gasteiger partial charge in [-0.1, -0.05) is 18.5 Å². The molecule has 21 heavy (non-hydrogen) atoms. The number of carbonyl (C=O) groups excluding carboxylic acids is 1. The van der Waals surface area contributed by atoms with E-state index >= 15 is 0 Å². The lowest BCUT2D eigenvalue weighted by Gasteiger charge is -2.06. The first-order chi connectivity index (χ1) is 9.99. The summed E-state index contributed by atoms with van der Waals surface area (Å²) in [4.78, 5) is 27.1. The molecule has 2 aromatic rings. The van der Waals surface area contributed by atoms with E-state index in [1.54, 1.807) is 0 Å². The number of hydrogen-bond donors (Lipinski definition) is 2. The van der Waals surface area contributed by atoms with Crippen molar-refractivity contribution in [1.82, 2.24) is 4.98 Å². The number of aryl methyl sites for hydroxylation is 1. The van der Waals surface area contributed by atoms with Crippen LogP contribution in [0.2, 0.25) is 5.02 Å². The predicted octanol–water partition coefficient (Wildman–Crippen LogP) is 3.24. The monoisotopic (exact) mass is 324 g/mol. The van der Waals surface area contributed by atoms with Gasteiger partial charge < -0.3 is 10.4 Å². The van der Waals surface area contributed by atoms with Crippen molar-refractivity contribution < 1.29 is 14.7 Å². The summed E-state index contributed by atoms with van der Waals surface area (Å²) in [5, 5.41) is 14.5. The van der Waals surface area contributed by atoms with Crippen LogP contribution in [0.4, 0.5) is 5.69 Å². The lowest BCUT2D eigenvalue weighted by Crippen LogP contribution is -2.14. The van der Waals surface area contributed by atoms with Crippen molar-refractivity contribution in [1.29, 1.82) is 0 Å². The van der Waals surface area contributed by atoms with Crippen molar-refractivity contribution in [2.24, 2.45) is 0 Å². The van der Waals surface area contributed by atoms with Crippen molar-refractivity contribution in [2.75, 3.05) is 5.32 Å². The van der Waals surface area contributed by atoms with E-state index in [9.17, 15) is 9.59 Å². The molecule has 0 unspecified atom stereocenters. The highest BCUT2D eigenvalue weighted by Gasteiger charge is 2.11. The van der Waals surface area contributed by atoms with Gasteiger partial charge in [-0.15, -0.1) is 11.3 Å². The quantitative estimate of drug-likeness (QED) is 0.885. The molecule has 0 aliphatic heterocycles. The minimum Gasteiger partial charge on any atom is -0.478 e. The number of halogens is 1. The number of nitrogens with zero attached hydrogens (tertiary/aromatic N) is 1. The van der Waals surface area contributed by atoms with Crippen LogP contribution >= 0.6 is 22.9 Å². The number of hydrogen-bond acceptors (Lipinski definition) is 4. The molecular weight excluding hydrogens is 312 g/mol. The van der Waals surface area contributed by atoms with Crippen LogP contribution in [0.3, 0.4) is 0 Å². The SMILES string of the molecule is CCc1nc(CC(=O)Nc2ccc(C(=O)O)c(Cl)c2)cs1. The first-order valence-corrected chi connectivity index (χ1v) is 7.51. The van der Waals surface area contributed by atoms with Crippen molar-refractivity contribution in [2.45, 2.75) is 19.8 Å². The Morgan fingerprint density at radius 3 is 2.76 bits per heavy atom. The highest BCUT2D eigenvalue weighted by Crippen LogP contribution is 2.21. The van der Waals surface area contributed by atoms with Crippen molar-refractivity contribution in [3.8, 4) is 0 Å². The maximum Gasteiger partial charge on any atom is 0.337 e. The molecule has 0 atom stereocenters. The Morgan fingerprint density at radius 2 is 2.19 bits per heavy atom. The molecular formula is C14H13ClN2O3S. The molecule has 0 radical (unpaired) electrons. The molecule has 2 N–H and O–H groups in total. The lowest BCUT2D eigenvalue weighted by molar-refractivity contribution is -0.115. The standard InChI is InChI=1S/C14H13ClN2O3S/c1-2-13-17-9(7-21-13)6-12(18)16-8-3-4-10(14(19)20)11(15)5-8/h3-5,7H,2,6H2,1H3,(H,16,18)(H,19,20). The zero-order valence-corrected chi connectivity index (χ0v) is 12.8. The van der Waals surface area contributed by atoms with Crippen molar-refractivity contribution in [3.05, 3.63) is 44.9 Å². The molecule has 1 heterocycles. The zero-order valence-electron chi connectivity index (χ0n) is 11.2. The maximum absolute atomic E-state index is 11.9. The van der Waals surface area contributed by atoms with Crippen LogP contribution in [0, 0.1) is 0 Å². The summed E-state index contributed by atoms with van der Waals surface area (Å²) >= 11 is 7.38. The third kappa shape index (κ3) is 4.03. The van der Waals surface area contributed by atoms with E-state index in [2.05, 4.69) is 10.3 Å². The fraction of sp³-hybridized carbons (Fsp3) is 0.214. The maximum atomic E-state index is 11.9. The van der Waals surface area contributed by atoms with Crippen molar-refractivity contribution in [3.63, 3.8) is 0 Å². The first kappa shape index (κ1) is 15.5. The number of amides is 1. The number of rotatable bonds is 5. The summed E-state index contributed by atoms with van der Waals surface area (Å²) in [6.45, 7) is 2.01. The number of anilines is 1. The third-order valence-corrected chi connectivity index (χ3v) is 4.08. The largest absolute Gasteiger partial charge is 0.478 e. The van der Waals surface area contributed by atoms with E-state index in [0.717, 1.165) is 17.1 Å². The average Bonchev–Trinajstić information content (AvgIpc) is 2.85. The minimum absolute atomic E-state index is 0.00162. The summed E-state index contributed by atoms with van der Waals surface area (Å²) < 4.78 is 0. The smallest absolute Gasteiger partial charge is 0.337 e. The molecule has 0 saturated carbocycles. The van der Waals surface area contributed by atoms with Gasteiger partial charge in [0.1, 0.15) is 0 Å². The number of benzene rings is 1. The van der Waals surface area contributed by atoms with Crippen LogP contribution in [0.25, 0.3) is 0 Å². The third-order valence-electron chi connectivity index (χ3n) is 2.73. The van der Waals surface area contributed by atoms with E-state index in [-0.39, 0.29) is 22.9 Å². The number of nitrogens with one attached hydrogen (secondary N) is 1. The van der Waals surface area contributed by atoms with Crippen LogP contribution in [-0.4, -0.2) is 22.0 Å². The van der Waals surface area contributed by atoms with Gasteiger partial charge in [0.15, 0.2) is 0 Å². The van der Waals surface area contributed by atoms with Crippen LogP contribution in [0.5, 0.6) is 0 Å². The number of thiazole rings is 1. The van der Waals surface area contributed by atoms with Gasteiger partial charge in [0.2, 0.25) is 5.91 Å². The van der Waals surface area contributed by atoms with Gasteiger partial charge in [-0.2, -0.15) is 0 Å². The molecule has 1 amide bonds. The number of carbonyl (C=O) groups is 2. The normalized spacial score (nSPS) is 10.4. The summed E-state index contributed by atoms with van der Waals surface area (Å²) in [6, 6.07) is 4.28. The molecule has 0 aliphatic rings. The number of carboxylic acids is 1. The Morgan fingerprint density at radius 1 is 1.43 bits per heavy atom. The predicted molar refractivity (Wildman–Crippen MR) is 82.2 cm³/mol. The van der Waals surface area contributed by atoms with Gasteiger partial charge in [0.05, 0.1) is 27.7 Å². The second kappa shape index (κ2) is 6.69. The van der Waals surface area contributed by atoms with Crippen LogP contribution in [0.1, 0.15) is 28.0 Å². The highest BCUT2D eigenvalue weighted by molar-refractivity contribution is 7.09. The molecule has 0 aliphatic carbocycles. The Labute approximate surface area is 130 Å². The van der Waals surface area contributed by atoms with Gasteiger partial charge in [0, 0.05) is 11.1 Å². The van der Waals surface area contributed by atoms with Gasteiger partial charge in [-0.25, -0.2) is 9.78 Å². The first-order valence-electron chi connectivity index (χ1n) is 6.25. The molecule has 1 aromatic carbocycles. The lowest BCUT2D eigenvalue weighted by atomic mass is 10.2. The van der Waals surface area contributed by atoms with E-state index in [0.29, 0.717) is 5.69 Å². The number of carboxylic acid groups (broad SMARTS) is 1. The Kier molecular flexibility index (Phi) is 4.93. The van der Waals surface area contributed by atoms with E-state index < -0.39 is 5.97 Å². The number of aromatic carboxylic acids is 1. The number of aromatic nitrogens is 1. The molecule has 7 heteroatoms. The molecule has 0 saturated heterocycles. The fourth-order valence-electron chi connectivity index (χ4n) is 1.73. The molecule has 110 valence electrons. The van der Waals surface area contributed by atoms with Crippen molar-refractivity contribution >= 4 is 40.5 Å². The zero-order chi connectivity index (χ0) is 15.4. The van der Waals surface area contributed by atoms with Gasteiger partial charge in [0.25, 0.3) is 0 Å². The minimum atomic E-state index is -1.10. The Hall–Kier alpha value is -1.92. The van der Waals surface area contributed by atoms with Gasteiger partial charge in [-0.3, -0.25) is 4.79 Å². The molecule has 0 spiro atoms. The Bertz CT molecular complexity index is 685. The molecule has 5 nitrogen and oxygen atoms in total. The fourth-order valence-corrected chi connectivity index (χ4v) is 2.73. The van der Waals surface area contributed by atoms with Crippen LogP contribution in [0.15, 0.2) is 23.6 Å². The summed E-state index contributed by atoms with van der Waals surface area (Å²) in [7, 11) is 0. The van der Waals surface area contributed by atoms with Gasteiger partial charge in [-0.05, 0) is 24.6 Å². The van der Waals surface area contributed by atoms with E-state index in [1.807, 2.05) is 12.3 Å². The molecule has 2 rings (SSSR count).